The van der Waals surface area contributed by atoms with Crippen LogP contribution in [-0.4, -0.2) is 23.9 Å². The molecule has 0 aliphatic rings. The van der Waals surface area contributed by atoms with Crippen molar-refractivity contribution in [1.82, 2.24) is 4.90 Å². The van der Waals surface area contributed by atoms with Crippen molar-refractivity contribution in [1.29, 1.82) is 0 Å². The van der Waals surface area contributed by atoms with Crippen LogP contribution in [0.1, 0.15) is 29.8 Å². The van der Waals surface area contributed by atoms with Gasteiger partial charge in [0.15, 0.2) is 0 Å². The Morgan fingerprint density at radius 2 is 1.78 bits per heavy atom. The fraction of sp³-hybridized carbons (Fsp3) is 0.417. The zero-order valence-corrected chi connectivity index (χ0v) is 10.0. The van der Waals surface area contributed by atoms with Gasteiger partial charge in [0.25, 0.3) is 5.91 Å². The summed E-state index contributed by atoms with van der Waals surface area (Å²) in [5.41, 5.74) is -1.76. The fourth-order valence-corrected chi connectivity index (χ4v) is 1.62. The predicted molar refractivity (Wildman–Crippen MR) is 58.7 cm³/mol. The average molecular weight is 263 g/mol. The SMILES string of the molecule is CCN(CC)C(=O)c1ccc(F)cc1C(F)(F)F. The minimum Gasteiger partial charge on any atom is -0.339 e. The number of halogens is 4. The molecule has 1 aromatic rings. The highest BCUT2D eigenvalue weighted by Gasteiger charge is 2.36. The van der Waals surface area contributed by atoms with E-state index in [4.69, 9.17) is 0 Å². The highest BCUT2D eigenvalue weighted by atomic mass is 19.4. The molecule has 2 nitrogen and oxygen atoms in total. The zero-order chi connectivity index (χ0) is 13.9. The second kappa shape index (κ2) is 5.37. The molecule has 1 rings (SSSR count). The maximum atomic E-state index is 12.9. The molecule has 1 aromatic carbocycles. The zero-order valence-electron chi connectivity index (χ0n) is 10.0. The van der Waals surface area contributed by atoms with Crippen molar-refractivity contribution >= 4 is 5.91 Å². The van der Waals surface area contributed by atoms with Gasteiger partial charge in [0.2, 0.25) is 0 Å². The Bertz CT molecular complexity index is 438. The molecule has 0 aromatic heterocycles. The monoisotopic (exact) mass is 263 g/mol. The van der Waals surface area contributed by atoms with Gasteiger partial charge in [-0.2, -0.15) is 13.2 Å². The third-order valence-corrected chi connectivity index (χ3v) is 2.57. The summed E-state index contributed by atoms with van der Waals surface area (Å²) in [4.78, 5) is 13.1. The van der Waals surface area contributed by atoms with Crippen LogP contribution in [-0.2, 0) is 6.18 Å². The van der Waals surface area contributed by atoms with E-state index in [0.717, 1.165) is 12.1 Å². The number of nitrogens with zero attached hydrogens (tertiary/aromatic N) is 1. The summed E-state index contributed by atoms with van der Waals surface area (Å²) in [6, 6.07) is 2.07. The van der Waals surface area contributed by atoms with Crippen LogP contribution in [0.25, 0.3) is 0 Å². The lowest BCUT2D eigenvalue weighted by Crippen LogP contribution is -2.32. The van der Waals surface area contributed by atoms with Crippen molar-refractivity contribution < 1.29 is 22.4 Å². The van der Waals surface area contributed by atoms with E-state index in [9.17, 15) is 22.4 Å². The van der Waals surface area contributed by atoms with Crippen LogP contribution in [0, 0.1) is 5.82 Å². The molecular weight excluding hydrogens is 250 g/mol. The van der Waals surface area contributed by atoms with Gasteiger partial charge in [-0.15, -0.1) is 0 Å². The summed E-state index contributed by atoms with van der Waals surface area (Å²) in [5, 5.41) is 0. The third-order valence-electron chi connectivity index (χ3n) is 2.57. The first-order chi connectivity index (χ1) is 8.31. The molecule has 6 heteroatoms. The van der Waals surface area contributed by atoms with Crippen molar-refractivity contribution in [2.24, 2.45) is 0 Å². The van der Waals surface area contributed by atoms with Crippen molar-refractivity contribution in [3.63, 3.8) is 0 Å². The lowest BCUT2D eigenvalue weighted by atomic mass is 10.1. The number of alkyl halides is 3. The number of benzene rings is 1. The van der Waals surface area contributed by atoms with Gasteiger partial charge in [-0.1, -0.05) is 0 Å². The van der Waals surface area contributed by atoms with E-state index < -0.39 is 29.0 Å². The van der Waals surface area contributed by atoms with Gasteiger partial charge in [0.05, 0.1) is 11.1 Å². The smallest absolute Gasteiger partial charge is 0.339 e. The molecule has 0 saturated heterocycles. The van der Waals surface area contributed by atoms with Crippen LogP contribution in [0.3, 0.4) is 0 Å². The van der Waals surface area contributed by atoms with E-state index >= 15 is 0 Å². The molecule has 0 aliphatic carbocycles. The Kier molecular flexibility index (Phi) is 4.32. The largest absolute Gasteiger partial charge is 0.417 e. The highest BCUT2D eigenvalue weighted by Crippen LogP contribution is 2.33. The Labute approximate surface area is 102 Å². The van der Waals surface area contributed by atoms with Crippen molar-refractivity contribution in [3.05, 3.63) is 35.1 Å². The van der Waals surface area contributed by atoms with Crippen molar-refractivity contribution in [3.8, 4) is 0 Å². The summed E-state index contributed by atoms with van der Waals surface area (Å²) < 4.78 is 51.0. The lowest BCUT2D eigenvalue weighted by molar-refractivity contribution is -0.138. The minimum absolute atomic E-state index is 0.296. The number of carbonyl (C=O) groups excluding carboxylic acids is 1. The van der Waals surface area contributed by atoms with E-state index in [1.165, 1.54) is 4.90 Å². The molecule has 0 heterocycles. The van der Waals surface area contributed by atoms with Gasteiger partial charge in [-0.3, -0.25) is 4.79 Å². The van der Waals surface area contributed by atoms with Crippen LogP contribution < -0.4 is 0 Å². The molecule has 100 valence electrons. The molecule has 0 atom stereocenters. The van der Waals surface area contributed by atoms with Gasteiger partial charge in [-0.05, 0) is 32.0 Å². The Morgan fingerprint density at radius 1 is 1.22 bits per heavy atom. The van der Waals surface area contributed by atoms with E-state index in [0.29, 0.717) is 19.2 Å². The quantitative estimate of drug-likeness (QED) is 0.766. The lowest BCUT2D eigenvalue weighted by Gasteiger charge is -2.21. The first-order valence-corrected chi connectivity index (χ1v) is 5.47. The summed E-state index contributed by atoms with van der Waals surface area (Å²) in [6.07, 6.45) is -4.75. The Morgan fingerprint density at radius 3 is 2.22 bits per heavy atom. The van der Waals surface area contributed by atoms with Gasteiger partial charge < -0.3 is 4.90 Å². The number of rotatable bonds is 3. The molecule has 0 aliphatic heterocycles. The standard InChI is InChI=1S/C12H13F4NO/c1-3-17(4-2)11(18)9-6-5-8(13)7-10(9)12(14,15)16/h5-7H,3-4H2,1-2H3. The fourth-order valence-electron chi connectivity index (χ4n) is 1.62. The maximum Gasteiger partial charge on any atom is 0.417 e. The van der Waals surface area contributed by atoms with Gasteiger partial charge in [0.1, 0.15) is 5.82 Å². The summed E-state index contributed by atoms with van der Waals surface area (Å²) >= 11 is 0. The van der Waals surface area contributed by atoms with E-state index in [1.807, 2.05) is 0 Å². The van der Waals surface area contributed by atoms with Crippen LogP contribution >= 0.6 is 0 Å². The highest BCUT2D eigenvalue weighted by molar-refractivity contribution is 5.95. The topological polar surface area (TPSA) is 20.3 Å². The number of amides is 1. The Balaban J connectivity index is 3.28. The summed E-state index contributed by atoms with van der Waals surface area (Å²) in [7, 11) is 0. The first kappa shape index (κ1) is 14.5. The van der Waals surface area contributed by atoms with E-state index in [2.05, 4.69) is 0 Å². The van der Waals surface area contributed by atoms with Crippen LogP contribution in [0.5, 0.6) is 0 Å². The molecule has 0 N–H and O–H groups in total. The van der Waals surface area contributed by atoms with E-state index in [1.54, 1.807) is 13.8 Å². The Hall–Kier alpha value is -1.59. The van der Waals surface area contributed by atoms with Gasteiger partial charge in [-0.25, -0.2) is 4.39 Å². The third kappa shape index (κ3) is 3.00. The molecule has 0 fully saturated rings. The molecule has 0 radical (unpaired) electrons. The molecule has 0 spiro atoms. The van der Waals surface area contributed by atoms with E-state index in [-0.39, 0.29) is 0 Å². The van der Waals surface area contributed by atoms with Gasteiger partial charge >= 0.3 is 6.18 Å². The summed E-state index contributed by atoms with van der Waals surface area (Å²) in [5.74, 6) is -1.76. The maximum absolute atomic E-state index is 12.9. The van der Waals surface area contributed by atoms with Crippen molar-refractivity contribution in [2.75, 3.05) is 13.1 Å². The second-order valence-electron chi connectivity index (χ2n) is 3.67. The number of hydrogen-bond acceptors (Lipinski definition) is 1. The van der Waals surface area contributed by atoms with Crippen LogP contribution in [0.2, 0.25) is 0 Å². The molecule has 0 bridgehead atoms. The molecular formula is C12H13F4NO. The number of carbonyl (C=O) groups is 1. The van der Waals surface area contributed by atoms with Crippen LogP contribution in [0.4, 0.5) is 17.6 Å². The normalized spacial score (nSPS) is 11.4. The van der Waals surface area contributed by atoms with Gasteiger partial charge in [0, 0.05) is 13.1 Å². The van der Waals surface area contributed by atoms with Crippen molar-refractivity contribution in [2.45, 2.75) is 20.0 Å². The molecule has 0 saturated carbocycles. The predicted octanol–water partition coefficient (Wildman–Crippen LogP) is 3.33. The second-order valence-corrected chi connectivity index (χ2v) is 3.67. The number of hydrogen-bond donors (Lipinski definition) is 0. The first-order valence-electron chi connectivity index (χ1n) is 5.47. The van der Waals surface area contributed by atoms with Crippen LogP contribution in [0.15, 0.2) is 18.2 Å². The summed E-state index contributed by atoms with van der Waals surface area (Å²) in [6.45, 7) is 3.92. The molecule has 0 unspecified atom stereocenters. The average Bonchev–Trinajstić information content (AvgIpc) is 2.29. The molecule has 18 heavy (non-hydrogen) atoms. The minimum atomic E-state index is -4.75. The molecule has 1 amide bonds.